The standard InChI is InChI=1S/C8H13IO4/c1-3-12-7(10)6(5-9)8(11)13-4-2/h6H,3-5H2,1-2H3. The molecule has 0 spiro atoms. The molecule has 76 valence electrons. The van der Waals surface area contributed by atoms with Crippen molar-refractivity contribution < 1.29 is 19.1 Å². The zero-order valence-corrected chi connectivity index (χ0v) is 9.87. The molecule has 0 saturated heterocycles. The van der Waals surface area contributed by atoms with Crippen LogP contribution in [-0.4, -0.2) is 29.6 Å². The van der Waals surface area contributed by atoms with E-state index in [4.69, 9.17) is 9.47 Å². The van der Waals surface area contributed by atoms with Crippen molar-refractivity contribution in [3.05, 3.63) is 0 Å². The molecule has 0 fully saturated rings. The molecule has 13 heavy (non-hydrogen) atoms. The third kappa shape index (κ3) is 4.44. The summed E-state index contributed by atoms with van der Waals surface area (Å²) in [5.74, 6) is -1.79. The van der Waals surface area contributed by atoms with E-state index >= 15 is 0 Å². The Morgan fingerprint density at radius 2 is 1.54 bits per heavy atom. The van der Waals surface area contributed by atoms with Crippen molar-refractivity contribution in [2.45, 2.75) is 13.8 Å². The van der Waals surface area contributed by atoms with Crippen molar-refractivity contribution in [3.8, 4) is 0 Å². The van der Waals surface area contributed by atoms with Crippen LogP contribution in [0.2, 0.25) is 0 Å². The molecule has 0 unspecified atom stereocenters. The van der Waals surface area contributed by atoms with E-state index in [-0.39, 0.29) is 13.2 Å². The van der Waals surface area contributed by atoms with Crippen LogP contribution >= 0.6 is 22.6 Å². The van der Waals surface area contributed by atoms with Crippen LogP contribution in [0.3, 0.4) is 0 Å². The van der Waals surface area contributed by atoms with Gasteiger partial charge in [-0.15, -0.1) is 0 Å². The summed E-state index contributed by atoms with van der Waals surface area (Å²) in [7, 11) is 0. The first kappa shape index (κ1) is 12.7. The van der Waals surface area contributed by atoms with E-state index in [0.717, 1.165) is 0 Å². The topological polar surface area (TPSA) is 52.6 Å². The highest BCUT2D eigenvalue weighted by Crippen LogP contribution is 2.07. The highest BCUT2D eigenvalue weighted by molar-refractivity contribution is 14.1. The largest absolute Gasteiger partial charge is 0.465 e. The summed E-state index contributed by atoms with van der Waals surface area (Å²) in [6.45, 7) is 3.97. The average molecular weight is 300 g/mol. The number of hydrogen-bond donors (Lipinski definition) is 0. The quantitative estimate of drug-likeness (QED) is 0.331. The van der Waals surface area contributed by atoms with Gasteiger partial charge < -0.3 is 9.47 Å². The van der Waals surface area contributed by atoms with E-state index < -0.39 is 17.9 Å². The summed E-state index contributed by atoms with van der Waals surface area (Å²) in [5, 5.41) is 0. The van der Waals surface area contributed by atoms with Gasteiger partial charge in [0, 0.05) is 4.43 Å². The second kappa shape index (κ2) is 7.11. The maximum atomic E-state index is 11.2. The van der Waals surface area contributed by atoms with Gasteiger partial charge in [0.2, 0.25) is 0 Å². The number of ether oxygens (including phenoxy) is 2. The van der Waals surface area contributed by atoms with Gasteiger partial charge in [0.25, 0.3) is 0 Å². The lowest BCUT2D eigenvalue weighted by Gasteiger charge is -2.10. The molecular weight excluding hydrogens is 287 g/mol. The van der Waals surface area contributed by atoms with Gasteiger partial charge in [-0.3, -0.25) is 9.59 Å². The molecule has 0 heterocycles. The third-order valence-corrected chi connectivity index (χ3v) is 2.18. The molecule has 0 aromatic carbocycles. The predicted octanol–water partition coefficient (Wildman–Crippen LogP) is 1.16. The van der Waals surface area contributed by atoms with Crippen molar-refractivity contribution >= 4 is 34.5 Å². The van der Waals surface area contributed by atoms with Crippen molar-refractivity contribution in [1.82, 2.24) is 0 Å². The van der Waals surface area contributed by atoms with Crippen LogP contribution in [0.1, 0.15) is 13.8 Å². The Morgan fingerprint density at radius 3 is 1.77 bits per heavy atom. The molecular formula is C8H13IO4. The van der Waals surface area contributed by atoms with Crippen molar-refractivity contribution in [3.63, 3.8) is 0 Å². The molecule has 0 radical (unpaired) electrons. The molecule has 0 aromatic rings. The second-order valence-corrected chi connectivity index (χ2v) is 3.09. The predicted molar refractivity (Wildman–Crippen MR) is 55.6 cm³/mol. The van der Waals surface area contributed by atoms with Crippen LogP contribution in [0, 0.1) is 5.92 Å². The number of carbonyl (C=O) groups is 2. The Balaban J connectivity index is 4.15. The summed E-state index contributed by atoms with van der Waals surface area (Å²) in [6, 6.07) is 0. The third-order valence-electron chi connectivity index (χ3n) is 1.30. The summed E-state index contributed by atoms with van der Waals surface area (Å²) >= 11 is 1.96. The average Bonchev–Trinajstić information content (AvgIpc) is 2.06. The minimum Gasteiger partial charge on any atom is -0.465 e. The summed E-state index contributed by atoms with van der Waals surface area (Å²) in [4.78, 5) is 22.3. The fraction of sp³-hybridized carbons (Fsp3) is 0.750. The fourth-order valence-corrected chi connectivity index (χ4v) is 1.43. The summed E-state index contributed by atoms with van der Waals surface area (Å²) in [5.41, 5.74) is 0. The molecule has 0 aliphatic heterocycles. The van der Waals surface area contributed by atoms with Crippen LogP contribution in [0.4, 0.5) is 0 Å². The highest BCUT2D eigenvalue weighted by Gasteiger charge is 2.27. The van der Waals surface area contributed by atoms with E-state index in [9.17, 15) is 9.59 Å². The lowest BCUT2D eigenvalue weighted by molar-refractivity contribution is -0.160. The molecule has 0 aliphatic carbocycles. The molecule has 0 N–H and O–H groups in total. The minimum absolute atomic E-state index is 0.283. The van der Waals surface area contributed by atoms with E-state index in [1.165, 1.54) is 0 Å². The van der Waals surface area contributed by atoms with Gasteiger partial charge in [-0.1, -0.05) is 22.6 Å². The van der Waals surface area contributed by atoms with Gasteiger partial charge in [0.15, 0.2) is 5.92 Å². The molecule has 0 bridgehead atoms. The molecule has 0 saturated carbocycles. The van der Waals surface area contributed by atoms with Crippen molar-refractivity contribution in [2.24, 2.45) is 5.92 Å². The molecule has 0 aromatic heterocycles. The minimum atomic E-state index is -0.777. The summed E-state index contributed by atoms with van der Waals surface area (Å²) in [6.07, 6.45) is 0. The zero-order chi connectivity index (χ0) is 10.3. The molecule has 0 atom stereocenters. The van der Waals surface area contributed by atoms with Gasteiger partial charge in [0.05, 0.1) is 13.2 Å². The van der Waals surface area contributed by atoms with Crippen molar-refractivity contribution in [2.75, 3.05) is 17.6 Å². The van der Waals surface area contributed by atoms with Crippen molar-refractivity contribution in [1.29, 1.82) is 0 Å². The van der Waals surface area contributed by atoms with Gasteiger partial charge in [0.1, 0.15) is 0 Å². The first-order valence-corrected chi connectivity index (χ1v) is 5.59. The molecule has 5 heteroatoms. The van der Waals surface area contributed by atoms with E-state index in [1.807, 2.05) is 22.6 Å². The van der Waals surface area contributed by atoms with E-state index in [1.54, 1.807) is 13.8 Å². The zero-order valence-electron chi connectivity index (χ0n) is 7.71. The second-order valence-electron chi connectivity index (χ2n) is 2.21. The fourth-order valence-electron chi connectivity index (χ4n) is 0.708. The van der Waals surface area contributed by atoms with Gasteiger partial charge in [-0.05, 0) is 13.8 Å². The van der Waals surface area contributed by atoms with Crippen LogP contribution in [0.5, 0.6) is 0 Å². The number of halogens is 1. The Hall–Kier alpha value is -0.330. The van der Waals surface area contributed by atoms with Crippen LogP contribution in [0.15, 0.2) is 0 Å². The number of hydrogen-bond acceptors (Lipinski definition) is 4. The summed E-state index contributed by atoms with van der Waals surface area (Å²) < 4.78 is 9.82. The number of esters is 2. The molecule has 4 nitrogen and oxygen atoms in total. The number of carbonyl (C=O) groups excluding carboxylic acids is 2. The maximum Gasteiger partial charge on any atom is 0.321 e. The van der Waals surface area contributed by atoms with Gasteiger partial charge in [-0.25, -0.2) is 0 Å². The Bertz CT molecular complexity index is 163. The highest BCUT2D eigenvalue weighted by atomic mass is 127. The first-order chi connectivity index (χ1) is 6.17. The van der Waals surface area contributed by atoms with E-state index in [2.05, 4.69) is 0 Å². The Labute approximate surface area is 91.1 Å². The smallest absolute Gasteiger partial charge is 0.321 e. The van der Waals surface area contributed by atoms with E-state index in [0.29, 0.717) is 4.43 Å². The molecule has 0 aliphatic rings. The maximum absolute atomic E-state index is 11.2. The first-order valence-electron chi connectivity index (χ1n) is 4.06. The number of alkyl halides is 1. The lowest BCUT2D eigenvalue weighted by Crippen LogP contribution is -2.29. The monoisotopic (exact) mass is 300 g/mol. The molecule has 0 amide bonds. The Kier molecular flexibility index (Phi) is 6.93. The molecule has 0 rings (SSSR count). The SMILES string of the molecule is CCOC(=O)C(CI)C(=O)OCC. The lowest BCUT2D eigenvalue weighted by atomic mass is 10.2. The van der Waals surface area contributed by atoms with Gasteiger partial charge in [-0.2, -0.15) is 0 Å². The number of rotatable bonds is 5. The Morgan fingerprint density at radius 1 is 1.15 bits per heavy atom. The van der Waals surface area contributed by atoms with Crippen LogP contribution in [0.25, 0.3) is 0 Å². The normalized spacial score (nSPS) is 9.85. The van der Waals surface area contributed by atoms with Crippen LogP contribution in [-0.2, 0) is 19.1 Å². The van der Waals surface area contributed by atoms with Crippen LogP contribution < -0.4 is 0 Å². The van der Waals surface area contributed by atoms with Gasteiger partial charge >= 0.3 is 11.9 Å².